The molecule has 1 aromatic heterocycles. The molecule has 0 aromatic carbocycles. The Morgan fingerprint density at radius 1 is 1.26 bits per heavy atom. The summed E-state index contributed by atoms with van der Waals surface area (Å²) in [6.07, 6.45) is 0. The van der Waals surface area contributed by atoms with Gasteiger partial charge >= 0.3 is 0 Å². The quantitative estimate of drug-likeness (QED) is 0.880. The Morgan fingerprint density at radius 3 is 2.53 bits per heavy atom. The monoisotopic (exact) mass is 265 g/mol. The normalized spacial score (nSPS) is 18.4. The molecular formula is C15H27N3O. The Labute approximate surface area is 116 Å². The number of piperazine rings is 1. The van der Waals surface area contributed by atoms with Gasteiger partial charge in [0.15, 0.2) is 0 Å². The molecule has 0 spiro atoms. The summed E-state index contributed by atoms with van der Waals surface area (Å²) in [6.45, 7) is 13.0. The lowest BCUT2D eigenvalue weighted by Crippen LogP contribution is -2.48. The van der Waals surface area contributed by atoms with E-state index in [-0.39, 0.29) is 0 Å². The third-order valence-corrected chi connectivity index (χ3v) is 3.96. The molecule has 4 heteroatoms. The van der Waals surface area contributed by atoms with Crippen LogP contribution in [0.1, 0.15) is 30.9 Å². The topological polar surface area (TPSA) is 31.6 Å². The molecule has 0 bridgehead atoms. The maximum absolute atomic E-state index is 5.85. The number of hydrogen-bond donors (Lipinski definition) is 1. The van der Waals surface area contributed by atoms with E-state index in [1.165, 1.54) is 18.7 Å². The van der Waals surface area contributed by atoms with Crippen molar-refractivity contribution in [1.29, 1.82) is 0 Å². The number of nitrogens with one attached hydrogen (secondary N) is 1. The van der Waals surface area contributed by atoms with Crippen molar-refractivity contribution < 1.29 is 4.42 Å². The van der Waals surface area contributed by atoms with E-state index in [4.69, 9.17) is 4.42 Å². The van der Waals surface area contributed by atoms with Crippen LogP contribution in [0, 0.1) is 6.92 Å². The summed E-state index contributed by atoms with van der Waals surface area (Å²) in [5.74, 6) is 2.14. The minimum Gasteiger partial charge on any atom is -0.465 e. The van der Waals surface area contributed by atoms with Gasteiger partial charge in [-0.25, -0.2) is 0 Å². The Morgan fingerprint density at radius 2 is 1.95 bits per heavy atom. The van der Waals surface area contributed by atoms with Crippen LogP contribution in [0.4, 0.5) is 0 Å². The summed E-state index contributed by atoms with van der Waals surface area (Å²) >= 11 is 0. The number of aryl methyl sites for hydroxylation is 1. The molecule has 0 saturated carbocycles. The van der Waals surface area contributed by atoms with Gasteiger partial charge in [-0.05, 0) is 33.9 Å². The highest BCUT2D eigenvalue weighted by Crippen LogP contribution is 2.17. The molecule has 0 atom stereocenters. The molecule has 1 aliphatic rings. The summed E-state index contributed by atoms with van der Waals surface area (Å²) < 4.78 is 5.85. The fourth-order valence-corrected chi connectivity index (χ4v) is 2.69. The van der Waals surface area contributed by atoms with Gasteiger partial charge in [-0.15, -0.1) is 0 Å². The number of furan rings is 1. The molecule has 0 unspecified atom stereocenters. The van der Waals surface area contributed by atoms with E-state index in [2.05, 4.69) is 35.0 Å². The zero-order valence-corrected chi connectivity index (χ0v) is 12.7. The maximum Gasteiger partial charge on any atom is 0.118 e. The van der Waals surface area contributed by atoms with Gasteiger partial charge in [-0.1, -0.05) is 0 Å². The van der Waals surface area contributed by atoms with Crippen LogP contribution in [0.15, 0.2) is 10.5 Å². The van der Waals surface area contributed by atoms with Crippen LogP contribution in [0.3, 0.4) is 0 Å². The summed E-state index contributed by atoms with van der Waals surface area (Å²) in [4.78, 5) is 5.02. The molecule has 1 saturated heterocycles. The summed E-state index contributed by atoms with van der Waals surface area (Å²) in [5.41, 5.74) is 1.28. The van der Waals surface area contributed by atoms with E-state index >= 15 is 0 Å². The molecule has 1 aliphatic heterocycles. The van der Waals surface area contributed by atoms with Crippen LogP contribution in [0.2, 0.25) is 0 Å². The fraction of sp³-hybridized carbons (Fsp3) is 0.733. The second kappa shape index (κ2) is 6.55. The highest BCUT2D eigenvalue weighted by Gasteiger charge is 2.20. The predicted molar refractivity (Wildman–Crippen MR) is 78.2 cm³/mol. The molecule has 19 heavy (non-hydrogen) atoms. The van der Waals surface area contributed by atoms with Gasteiger partial charge in [-0.2, -0.15) is 0 Å². The highest BCUT2D eigenvalue weighted by atomic mass is 16.3. The third kappa shape index (κ3) is 3.81. The van der Waals surface area contributed by atoms with Gasteiger partial charge in [0.05, 0.1) is 6.54 Å². The first-order valence-corrected chi connectivity index (χ1v) is 7.29. The second-order valence-corrected chi connectivity index (χ2v) is 5.73. The van der Waals surface area contributed by atoms with Gasteiger partial charge < -0.3 is 9.73 Å². The Hall–Kier alpha value is -0.840. The van der Waals surface area contributed by atoms with Crippen molar-refractivity contribution in [2.75, 3.05) is 33.2 Å². The van der Waals surface area contributed by atoms with Crippen molar-refractivity contribution in [1.82, 2.24) is 15.1 Å². The van der Waals surface area contributed by atoms with Crippen molar-refractivity contribution in [2.24, 2.45) is 0 Å². The van der Waals surface area contributed by atoms with E-state index in [1.807, 2.05) is 14.0 Å². The zero-order chi connectivity index (χ0) is 13.8. The van der Waals surface area contributed by atoms with Crippen molar-refractivity contribution in [2.45, 2.75) is 39.9 Å². The second-order valence-electron chi connectivity index (χ2n) is 5.73. The first-order chi connectivity index (χ1) is 9.10. The first-order valence-electron chi connectivity index (χ1n) is 7.29. The number of nitrogens with zero attached hydrogens (tertiary/aromatic N) is 2. The minimum absolute atomic E-state index is 0.662. The van der Waals surface area contributed by atoms with E-state index in [0.717, 1.165) is 37.7 Å². The van der Waals surface area contributed by atoms with E-state index in [0.29, 0.717) is 6.04 Å². The molecule has 2 rings (SSSR count). The molecule has 1 aromatic rings. The Balaban J connectivity index is 1.87. The first kappa shape index (κ1) is 14.6. The minimum atomic E-state index is 0.662. The lowest BCUT2D eigenvalue weighted by Gasteiger charge is -2.36. The van der Waals surface area contributed by atoms with Crippen LogP contribution >= 0.6 is 0 Å². The smallest absolute Gasteiger partial charge is 0.118 e. The number of rotatable bonds is 5. The van der Waals surface area contributed by atoms with Crippen LogP contribution in [0.25, 0.3) is 0 Å². The molecule has 1 N–H and O–H groups in total. The van der Waals surface area contributed by atoms with Gasteiger partial charge in [-0.3, -0.25) is 9.80 Å². The van der Waals surface area contributed by atoms with E-state index in [9.17, 15) is 0 Å². The van der Waals surface area contributed by atoms with Crippen molar-refractivity contribution in [3.8, 4) is 0 Å². The van der Waals surface area contributed by atoms with Crippen LogP contribution in [-0.2, 0) is 13.1 Å². The number of hydrogen-bond acceptors (Lipinski definition) is 4. The van der Waals surface area contributed by atoms with Crippen LogP contribution < -0.4 is 5.32 Å². The van der Waals surface area contributed by atoms with Crippen molar-refractivity contribution in [3.63, 3.8) is 0 Å². The van der Waals surface area contributed by atoms with E-state index in [1.54, 1.807) is 0 Å². The van der Waals surface area contributed by atoms with Crippen molar-refractivity contribution >= 4 is 0 Å². The zero-order valence-electron chi connectivity index (χ0n) is 12.7. The van der Waals surface area contributed by atoms with Crippen LogP contribution in [-0.4, -0.2) is 49.1 Å². The molecule has 0 aliphatic carbocycles. The molecule has 0 amide bonds. The molecule has 4 nitrogen and oxygen atoms in total. The third-order valence-electron chi connectivity index (χ3n) is 3.96. The van der Waals surface area contributed by atoms with Gasteiger partial charge in [0.1, 0.15) is 11.5 Å². The maximum atomic E-state index is 5.85. The predicted octanol–water partition coefficient (Wildman–Crippen LogP) is 1.83. The average Bonchev–Trinajstić information content (AvgIpc) is 2.71. The lowest BCUT2D eigenvalue weighted by atomic mass is 10.2. The van der Waals surface area contributed by atoms with E-state index < -0.39 is 0 Å². The Kier molecular flexibility index (Phi) is 5.02. The molecular weight excluding hydrogens is 238 g/mol. The molecule has 1 fully saturated rings. The average molecular weight is 265 g/mol. The van der Waals surface area contributed by atoms with Crippen molar-refractivity contribution in [3.05, 3.63) is 23.2 Å². The lowest BCUT2D eigenvalue weighted by molar-refractivity contribution is 0.0988. The fourth-order valence-electron chi connectivity index (χ4n) is 2.69. The summed E-state index contributed by atoms with van der Waals surface area (Å²) in [7, 11) is 1.97. The van der Waals surface area contributed by atoms with Gasteiger partial charge in [0, 0.05) is 44.3 Å². The van der Waals surface area contributed by atoms with Gasteiger partial charge in [0.25, 0.3) is 0 Å². The summed E-state index contributed by atoms with van der Waals surface area (Å²) in [5, 5.41) is 3.18. The molecule has 0 radical (unpaired) electrons. The summed E-state index contributed by atoms with van der Waals surface area (Å²) in [6, 6.07) is 2.86. The standard InChI is InChI=1S/C15H27N3O/c1-12(2)18-7-5-17(6-8-18)11-15-9-14(10-16-4)13(3)19-15/h9,12,16H,5-8,10-11H2,1-4H3. The van der Waals surface area contributed by atoms with Crippen LogP contribution in [0.5, 0.6) is 0 Å². The molecule has 108 valence electrons. The SMILES string of the molecule is CNCc1cc(CN2CCN(C(C)C)CC2)oc1C. The van der Waals surface area contributed by atoms with Gasteiger partial charge in [0.2, 0.25) is 0 Å². The highest BCUT2D eigenvalue weighted by molar-refractivity contribution is 5.20. The molecule has 2 heterocycles. The largest absolute Gasteiger partial charge is 0.465 e. The Bertz CT molecular complexity index is 392.